The van der Waals surface area contributed by atoms with Crippen LogP contribution in [0.1, 0.15) is 44.1 Å². The van der Waals surface area contributed by atoms with Crippen molar-refractivity contribution in [3.63, 3.8) is 0 Å². The van der Waals surface area contributed by atoms with Gasteiger partial charge in [-0.3, -0.25) is 0 Å². The number of fused-ring (bicyclic) bond motifs is 1. The van der Waals surface area contributed by atoms with Crippen LogP contribution >= 0.6 is 0 Å². The van der Waals surface area contributed by atoms with Gasteiger partial charge in [0.2, 0.25) is 5.95 Å². The van der Waals surface area contributed by atoms with Gasteiger partial charge in [0, 0.05) is 11.3 Å². The minimum absolute atomic E-state index is 0.0258. The molecule has 0 radical (unpaired) electrons. The predicted octanol–water partition coefficient (Wildman–Crippen LogP) is 3.23. The molecule has 1 aliphatic carbocycles. The van der Waals surface area contributed by atoms with E-state index in [1.54, 1.807) is 0 Å². The van der Waals surface area contributed by atoms with E-state index in [0.717, 1.165) is 6.42 Å². The molecule has 6 heteroatoms. The number of nitrogens with two attached hydrogens (primary N) is 1. The van der Waals surface area contributed by atoms with Crippen LogP contribution < -0.4 is 5.73 Å². The Bertz CT molecular complexity index is 489. The Morgan fingerprint density at radius 2 is 1.79 bits per heavy atom. The maximum absolute atomic E-state index is 13.0. The van der Waals surface area contributed by atoms with Gasteiger partial charge < -0.3 is 5.73 Å². The van der Waals surface area contributed by atoms with Gasteiger partial charge in [-0.2, -0.15) is 13.2 Å². The summed E-state index contributed by atoms with van der Waals surface area (Å²) in [6.45, 7) is 6.15. The number of anilines is 1. The summed E-state index contributed by atoms with van der Waals surface area (Å²) >= 11 is 0. The van der Waals surface area contributed by atoms with Crippen molar-refractivity contribution in [2.45, 2.75) is 46.2 Å². The second-order valence-corrected chi connectivity index (χ2v) is 6.16. The zero-order chi connectivity index (χ0) is 14.4. The summed E-state index contributed by atoms with van der Waals surface area (Å²) in [7, 11) is 0. The third kappa shape index (κ3) is 2.82. The summed E-state index contributed by atoms with van der Waals surface area (Å²) in [4.78, 5) is 7.39. The van der Waals surface area contributed by atoms with Gasteiger partial charge in [-0.25, -0.2) is 9.97 Å². The summed E-state index contributed by atoms with van der Waals surface area (Å²) < 4.78 is 39.1. The van der Waals surface area contributed by atoms with Crippen LogP contribution in [-0.4, -0.2) is 9.97 Å². The maximum atomic E-state index is 13.0. The highest BCUT2D eigenvalue weighted by Crippen LogP contribution is 2.41. The van der Waals surface area contributed by atoms with E-state index in [9.17, 15) is 13.2 Å². The van der Waals surface area contributed by atoms with Crippen LogP contribution in [0.15, 0.2) is 0 Å². The maximum Gasteiger partial charge on any atom is 0.433 e. The molecule has 0 saturated heterocycles. The van der Waals surface area contributed by atoms with Crippen molar-refractivity contribution in [3.8, 4) is 0 Å². The average Bonchev–Trinajstić information content (AvgIpc) is 2.24. The third-order valence-corrected chi connectivity index (χ3v) is 3.78. The van der Waals surface area contributed by atoms with E-state index in [-0.39, 0.29) is 22.8 Å². The number of aromatic nitrogens is 2. The quantitative estimate of drug-likeness (QED) is 0.789. The first-order valence-electron chi connectivity index (χ1n) is 6.31. The predicted molar refractivity (Wildman–Crippen MR) is 66.4 cm³/mol. The van der Waals surface area contributed by atoms with Crippen molar-refractivity contribution in [3.05, 3.63) is 17.0 Å². The fourth-order valence-electron chi connectivity index (χ4n) is 2.60. The second kappa shape index (κ2) is 4.35. The molecule has 2 rings (SSSR count). The lowest BCUT2D eigenvalue weighted by Crippen LogP contribution is -2.30. The van der Waals surface area contributed by atoms with Crippen LogP contribution in [0, 0.1) is 11.3 Å². The van der Waals surface area contributed by atoms with Crippen molar-refractivity contribution in [1.82, 2.24) is 9.97 Å². The Balaban J connectivity index is 2.48. The lowest BCUT2D eigenvalue weighted by atomic mass is 9.71. The van der Waals surface area contributed by atoms with E-state index in [2.05, 4.69) is 9.97 Å². The molecule has 1 aromatic heterocycles. The van der Waals surface area contributed by atoms with Crippen molar-refractivity contribution in [2.75, 3.05) is 5.73 Å². The molecule has 3 nitrogen and oxygen atoms in total. The highest BCUT2D eigenvalue weighted by atomic mass is 19.4. The summed E-state index contributed by atoms with van der Waals surface area (Å²) in [6.07, 6.45) is -2.73. The number of alkyl halides is 3. The topological polar surface area (TPSA) is 51.8 Å². The number of rotatable bonds is 0. The summed E-state index contributed by atoms with van der Waals surface area (Å²) in [5, 5.41) is 0. The molecule has 1 aliphatic rings. The van der Waals surface area contributed by atoms with Gasteiger partial charge in [-0.15, -0.1) is 0 Å². The van der Waals surface area contributed by atoms with Crippen molar-refractivity contribution in [1.29, 1.82) is 0 Å². The van der Waals surface area contributed by atoms with Crippen molar-refractivity contribution < 1.29 is 13.2 Å². The molecule has 0 fully saturated rings. The largest absolute Gasteiger partial charge is 0.433 e. The fraction of sp³-hybridized carbons (Fsp3) is 0.692. The molecule has 19 heavy (non-hydrogen) atoms. The van der Waals surface area contributed by atoms with Crippen LogP contribution in [0.2, 0.25) is 0 Å². The molecule has 0 amide bonds. The average molecular weight is 273 g/mol. The Labute approximate surface area is 110 Å². The van der Waals surface area contributed by atoms with Gasteiger partial charge in [0.05, 0.1) is 0 Å². The summed E-state index contributed by atoms with van der Waals surface area (Å²) in [5.74, 6) is -0.0893. The van der Waals surface area contributed by atoms with Gasteiger partial charge in [0.15, 0.2) is 5.69 Å². The molecule has 106 valence electrons. The first-order chi connectivity index (χ1) is 8.59. The Hall–Kier alpha value is -1.33. The van der Waals surface area contributed by atoms with Crippen molar-refractivity contribution in [2.24, 2.45) is 11.3 Å². The molecule has 0 spiro atoms. The number of hydrogen-bond acceptors (Lipinski definition) is 3. The van der Waals surface area contributed by atoms with Crippen LogP contribution in [0.4, 0.5) is 19.1 Å². The van der Waals surface area contributed by atoms with Crippen LogP contribution in [0.3, 0.4) is 0 Å². The lowest BCUT2D eigenvalue weighted by Gasteiger charge is -2.35. The number of halogens is 3. The van der Waals surface area contributed by atoms with Gasteiger partial charge in [0.25, 0.3) is 0 Å². The smallest absolute Gasteiger partial charge is 0.368 e. The SMILES string of the molecule is CC(C)(C)C1CCc2nc(N)nc(C(F)(F)F)c2C1. The van der Waals surface area contributed by atoms with E-state index in [1.165, 1.54) is 0 Å². The third-order valence-electron chi connectivity index (χ3n) is 3.78. The number of aryl methyl sites for hydroxylation is 1. The normalized spacial score (nSPS) is 20.2. The number of nitrogens with zero attached hydrogens (tertiary/aromatic N) is 2. The first-order valence-corrected chi connectivity index (χ1v) is 6.31. The first kappa shape index (κ1) is 14.1. The Morgan fingerprint density at radius 1 is 1.16 bits per heavy atom. The van der Waals surface area contributed by atoms with Crippen molar-refractivity contribution >= 4 is 5.95 Å². The van der Waals surface area contributed by atoms with E-state index in [0.29, 0.717) is 18.5 Å². The Kier molecular flexibility index (Phi) is 3.23. The van der Waals surface area contributed by atoms with E-state index < -0.39 is 11.9 Å². The molecule has 0 aliphatic heterocycles. The van der Waals surface area contributed by atoms with Gasteiger partial charge >= 0.3 is 6.18 Å². The molecular weight excluding hydrogens is 255 g/mol. The molecular formula is C13H18F3N3. The number of nitrogen functional groups attached to an aromatic ring is 1. The minimum atomic E-state index is -4.47. The van der Waals surface area contributed by atoms with E-state index in [1.807, 2.05) is 20.8 Å². The summed E-state index contributed by atoms with van der Waals surface area (Å²) in [5.41, 5.74) is 5.18. The second-order valence-electron chi connectivity index (χ2n) is 6.16. The molecule has 0 saturated carbocycles. The highest BCUT2D eigenvalue weighted by molar-refractivity contribution is 5.35. The molecule has 2 N–H and O–H groups in total. The summed E-state index contributed by atoms with van der Waals surface area (Å²) in [6, 6.07) is 0. The minimum Gasteiger partial charge on any atom is -0.368 e. The van der Waals surface area contributed by atoms with Crippen LogP contribution in [0.5, 0.6) is 0 Å². The zero-order valence-electron chi connectivity index (χ0n) is 11.3. The zero-order valence-corrected chi connectivity index (χ0v) is 11.3. The molecule has 1 unspecified atom stereocenters. The van der Waals surface area contributed by atoms with Gasteiger partial charge in [-0.1, -0.05) is 20.8 Å². The molecule has 0 bridgehead atoms. The fourth-order valence-corrected chi connectivity index (χ4v) is 2.60. The Morgan fingerprint density at radius 3 is 2.32 bits per heavy atom. The van der Waals surface area contributed by atoms with E-state index in [4.69, 9.17) is 5.73 Å². The van der Waals surface area contributed by atoms with Gasteiger partial charge in [0.1, 0.15) is 0 Å². The lowest BCUT2D eigenvalue weighted by molar-refractivity contribution is -0.142. The standard InChI is InChI=1S/C13H18F3N3/c1-12(2,3)7-4-5-9-8(6-7)10(13(14,15)16)19-11(17)18-9/h7H,4-6H2,1-3H3,(H2,17,18,19). The van der Waals surface area contributed by atoms with Crippen LogP contribution in [-0.2, 0) is 19.0 Å². The molecule has 1 heterocycles. The molecule has 1 aromatic rings. The number of hydrogen-bond donors (Lipinski definition) is 1. The monoisotopic (exact) mass is 273 g/mol. The van der Waals surface area contributed by atoms with Crippen LogP contribution in [0.25, 0.3) is 0 Å². The van der Waals surface area contributed by atoms with E-state index >= 15 is 0 Å². The highest BCUT2D eigenvalue weighted by Gasteiger charge is 2.40. The molecule has 0 aromatic carbocycles. The molecule has 1 atom stereocenters. The van der Waals surface area contributed by atoms with Gasteiger partial charge in [-0.05, 0) is 30.6 Å².